The molecule has 0 aliphatic carbocycles. The number of aromatic nitrogens is 1. The van der Waals surface area contributed by atoms with E-state index in [1.807, 2.05) is 24.3 Å². The highest BCUT2D eigenvalue weighted by atomic mass is 32.2. The van der Waals surface area contributed by atoms with Crippen molar-refractivity contribution in [3.8, 4) is 0 Å². The summed E-state index contributed by atoms with van der Waals surface area (Å²) in [4.78, 5) is 27.4. The van der Waals surface area contributed by atoms with E-state index in [0.717, 1.165) is 11.1 Å². The van der Waals surface area contributed by atoms with Gasteiger partial charge in [0.15, 0.2) is 5.58 Å². The maximum absolute atomic E-state index is 12.1. The minimum Gasteiger partial charge on any atom is -0.478 e. The SMILES string of the molecule is Cc1ccc(C(=O)O)cc1NC(=O)CSc1nc2ccccc2o1. The van der Waals surface area contributed by atoms with E-state index in [2.05, 4.69) is 10.3 Å². The molecule has 0 atom stereocenters. The lowest BCUT2D eigenvalue weighted by molar-refractivity contribution is -0.113. The first kappa shape index (κ1) is 16.1. The van der Waals surface area contributed by atoms with Gasteiger partial charge in [0, 0.05) is 5.69 Å². The minimum absolute atomic E-state index is 0.115. The number of fused-ring (bicyclic) bond motifs is 1. The Balaban J connectivity index is 1.65. The molecule has 0 spiro atoms. The van der Waals surface area contributed by atoms with Crippen LogP contribution in [0.5, 0.6) is 0 Å². The first-order chi connectivity index (χ1) is 11.5. The van der Waals surface area contributed by atoms with E-state index in [1.165, 1.54) is 23.9 Å². The number of thioether (sulfide) groups is 1. The molecule has 0 saturated heterocycles. The largest absolute Gasteiger partial charge is 0.478 e. The number of amides is 1. The average Bonchev–Trinajstić information content (AvgIpc) is 2.97. The summed E-state index contributed by atoms with van der Waals surface area (Å²) >= 11 is 1.18. The number of benzene rings is 2. The second kappa shape index (κ2) is 6.76. The van der Waals surface area contributed by atoms with Crippen molar-refractivity contribution in [1.82, 2.24) is 4.98 Å². The molecule has 0 bridgehead atoms. The van der Waals surface area contributed by atoms with Gasteiger partial charge in [0.1, 0.15) is 5.52 Å². The number of anilines is 1. The van der Waals surface area contributed by atoms with E-state index in [9.17, 15) is 9.59 Å². The highest BCUT2D eigenvalue weighted by molar-refractivity contribution is 7.99. The maximum Gasteiger partial charge on any atom is 0.335 e. The highest BCUT2D eigenvalue weighted by Crippen LogP contribution is 2.23. The van der Waals surface area contributed by atoms with E-state index in [1.54, 1.807) is 13.0 Å². The zero-order chi connectivity index (χ0) is 17.1. The standard InChI is InChI=1S/C17H14N2O4S/c1-10-6-7-11(16(21)22)8-13(10)18-15(20)9-24-17-19-12-4-2-3-5-14(12)23-17/h2-8H,9H2,1H3,(H,18,20)(H,21,22). The van der Waals surface area contributed by atoms with Crippen LogP contribution in [0.15, 0.2) is 52.1 Å². The van der Waals surface area contributed by atoms with Gasteiger partial charge in [0.2, 0.25) is 5.91 Å². The van der Waals surface area contributed by atoms with E-state index >= 15 is 0 Å². The van der Waals surface area contributed by atoms with Crippen LogP contribution in [0.1, 0.15) is 15.9 Å². The van der Waals surface area contributed by atoms with Crippen molar-refractivity contribution in [3.05, 3.63) is 53.6 Å². The predicted octanol–water partition coefficient (Wildman–Crippen LogP) is 3.57. The van der Waals surface area contributed by atoms with Gasteiger partial charge >= 0.3 is 5.97 Å². The van der Waals surface area contributed by atoms with Crippen molar-refractivity contribution in [2.45, 2.75) is 12.1 Å². The molecular weight excluding hydrogens is 328 g/mol. The summed E-state index contributed by atoms with van der Waals surface area (Å²) in [6.45, 7) is 1.80. The Morgan fingerprint density at radius 2 is 2.04 bits per heavy atom. The Hall–Kier alpha value is -2.80. The number of para-hydroxylation sites is 2. The normalized spacial score (nSPS) is 10.7. The third kappa shape index (κ3) is 3.57. The zero-order valence-electron chi connectivity index (χ0n) is 12.8. The summed E-state index contributed by atoms with van der Waals surface area (Å²) in [5.74, 6) is -1.18. The minimum atomic E-state index is -1.04. The lowest BCUT2D eigenvalue weighted by Gasteiger charge is -2.08. The van der Waals surface area contributed by atoms with Crippen LogP contribution < -0.4 is 5.32 Å². The van der Waals surface area contributed by atoms with Crippen LogP contribution in [-0.2, 0) is 4.79 Å². The third-order valence-corrected chi connectivity index (χ3v) is 4.19. The van der Waals surface area contributed by atoms with Crippen LogP contribution >= 0.6 is 11.8 Å². The molecule has 122 valence electrons. The van der Waals surface area contributed by atoms with Crippen molar-refractivity contribution in [1.29, 1.82) is 0 Å². The molecule has 0 unspecified atom stereocenters. The molecule has 0 fully saturated rings. The Kier molecular flexibility index (Phi) is 4.52. The number of nitrogens with zero attached hydrogens (tertiary/aromatic N) is 1. The molecule has 1 aromatic heterocycles. The maximum atomic E-state index is 12.1. The number of aromatic carboxylic acids is 1. The zero-order valence-corrected chi connectivity index (χ0v) is 13.6. The number of hydrogen-bond acceptors (Lipinski definition) is 5. The number of oxazole rings is 1. The Morgan fingerprint density at radius 3 is 2.79 bits per heavy atom. The van der Waals surface area contributed by atoms with Crippen molar-refractivity contribution >= 4 is 40.4 Å². The summed E-state index contributed by atoms with van der Waals surface area (Å²) in [5, 5.41) is 12.2. The average molecular weight is 342 g/mol. The quantitative estimate of drug-likeness (QED) is 0.689. The van der Waals surface area contributed by atoms with Crippen molar-refractivity contribution in [2.75, 3.05) is 11.1 Å². The van der Waals surface area contributed by atoms with E-state index < -0.39 is 5.97 Å². The van der Waals surface area contributed by atoms with Crippen LogP contribution in [-0.4, -0.2) is 27.7 Å². The molecule has 7 heteroatoms. The second-order valence-corrected chi connectivity index (χ2v) is 6.05. The number of carbonyl (C=O) groups excluding carboxylic acids is 1. The Bertz CT molecular complexity index is 887. The van der Waals surface area contributed by atoms with Crippen molar-refractivity contribution < 1.29 is 19.1 Å². The summed E-state index contributed by atoms with van der Waals surface area (Å²) in [5.41, 5.74) is 2.82. The fraction of sp³-hybridized carbons (Fsp3) is 0.118. The molecule has 2 aromatic carbocycles. The molecule has 24 heavy (non-hydrogen) atoms. The number of nitrogens with one attached hydrogen (secondary N) is 1. The third-order valence-electron chi connectivity index (χ3n) is 3.36. The first-order valence-electron chi connectivity index (χ1n) is 7.15. The molecule has 3 rings (SSSR count). The number of aryl methyl sites for hydroxylation is 1. The first-order valence-corrected chi connectivity index (χ1v) is 8.13. The summed E-state index contributed by atoms with van der Waals surface area (Å²) in [6.07, 6.45) is 0. The van der Waals surface area contributed by atoms with Gasteiger partial charge in [0.05, 0.1) is 11.3 Å². The van der Waals surface area contributed by atoms with Gasteiger partial charge in [-0.05, 0) is 36.8 Å². The molecule has 6 nitrogen and oxygen atoms in total. The van der Waals surface area contributed by atoms with E-state index in [-0.39, 0.29) is 17.2 Å². The van der Waals surface area contributed by atoms with Crippen molar-refractivity contribution in [2.24, 2.45) is 0 Å². The predicted molar refractivity (Wildman–Crippen MR) is 91.5 cm³/mol. The van der Waals surface area contributed by atoms with Gasteiger partial charge in [-0.1, -0.05) is 30.0 Å². The van der Waals surface area contributed by atoms with Crippen molar-refractivity contribution in [3.63, 3.8) is 0 Å². The van der Waals surface area contributed by atoms with E-state index in [4.69, 9.17) is 9.52 Å². The van der Waals surface area contributed by atoms with Gasteiger partial charge in [0.25, 0.3) is 5.22 Å². The summed E-state index contributed by atoms with van der Waals surface area (Å²) < 4.78 is 5.54. The van der Waals surface area contributed by atoms with Gasteiger partial charge in [-0.15, -0.1) is 0 Å². The number of hydrogen-bond donors (Lipinski definition) is 2. The Labute approximate surface area is 141 Å². The van der Waals surface area contributed by atoms with Crippen LogP contribution in [0.3, 0.4) is 0 Å². The smallest absolute Gasteiger partial charge is 0.335 e. The van der Waals surface area contributed by atoms with Gasteiger partial charge in [-0.25, -0.2) is 9.78 Å². The lowest BCUT2D eigenvalue weighted by Crippen LogP contribution is -2.15. The van der Waals surface area contributed by atoms with Gasteiger partial charge < -0.3 is 14.8 Å². The second-order valence-electron chi connectivity index (χ2n) is 5.12. The molecule has 0 radical (unpaired) electrons. The van der Waals surface area contributed by atoms with Gasteiger partial charge in [-0.2, -0.15) is 0 Å². The Morgan fingerprint density at radius 1 is 1.25 bits per heavy atom. The number of rotatable bonds is 5. The summed E-state index contributed by atoms with van der Waals surface area (Å²) in [7, 11) is 0. The molecule has 0 saturated carbocycles. The van der Waals surface area contributed by atoms with E-state index in [0.29, 0.717) is 16.5 Å². The topological polar surface area (TPSA) is 92.4 Å². The lowest BCUT2D eigenvalue weighted by atomic mass is 10.1. The fourth-order valence-corrected chi connectivity index (χ4v) is 2.75. The number of carbonyl (C=O) groups is 2. The molecular formula is C17H14N2O4S. The van der Waals surface area contributed by atoms with Crippen LogP contribution in [0.4, 0.5) is 5.69 Å². The van der Waals surface area contributed by atoms with Crippen LogP contribution in [0, 0.1) is 6.92 Å². The summed E-state index contributed by atoms with van der Waals surface area (Å²) in [6, 6.07) is 12.0. The van der Waals surface area contributed by atoms with Gasteiger partial charge in [-0.3, -0.25) is 4.79 Å². The molecule has 1 amide bonds. The van der Waals surface area contributed by atoms with Crippen LogP contribution in [0.25, 0.3) is 11.1 Å². The van der Waals surface area contributed by atoms with Crippen LogP contribution in [0.2, 0.25) is 0 Å². The molecule has 3 aromatic rings. The fourth-order valence-electron chi connectivity index (χ4n) is 2.12. The molecule has 1 heterocycles. The highest BCUT2D eigenvalue weighted by Gasteiger charge is 2.12. The molecule has 0 aliphatic rings. The monoisotopic (exact) mass is 342 g/mol. The molecule has 2 N–H and O–H groups in total. The number of carboxylic acids is 1. The molecule has 0 aliphatic heterocycles. The number of carboxylic acid groups (broad SMARTS) is 1.